The molecule has 1 aromatic heterocycles. The van der Waals surface area contributed by atoms with Crippen LogP contribution >= 0.6 is 0 Å². The number of nitrogens with two attached hydrogens (primary N) is 1. The van der Waals surface area contributed by atoms with Crippen LogP contribution in [0.2, 0.25) is 0 Å². The number of carboxylic acids is 1. The van der Waals surface area contributed by atoms with Crippen molar-refractivity contribution in [3.05, 3.63) is 18.1 Å². The van der Waals surface area contributed by atoms with Gasteiger partial charge in [0.25, 0.3) is 5.91 Å². The Hall–Kier alpha value is -2.18. The van der Waals surface area contributed by atoms with Crippen LogP contribution in [0.1, 0.15) is 36.2 Å². The molecule has 2 heterocycles. The lowest BCUT2D eigenvalue weighted by Gasteiger charge is -2.33. The normalized spacial score (nSPS) is 16.1. The lowest BCUT2D eigenvalue weighted by atomic mass is 9.92. The number of hydrogen-bond acceptors (Lipinski definition) is 5. The molecule has 0 atom stereocenters. The van der Waals surface area contributed by atoms with Crippen molar-refractivity contribution in [2.24, 2.45) is 11.7 Å². The SMILES string of the molecule is NC(=O)c1nccnc1N1CCC(CCC(=O)O)CC1. The van der Waals surface area contributed by atoms with Crippen molar-refractivity contribution in [1.82, 2.24) is 9.97 Å². The molecule has 1 aliphatic rings. The molecule has 1 aromatic rings. The Morgan fingerprint density at radius 3 is 2.55 bits per heavy atom. The smallest absolute Gasteiger partial charge is 0.303 e. The Bertz CT molecular complexity index is 498. The summed E-state index contributed by atoms with van der Waals surface area (Å²) in [6.45, 7) is 1.48. The van der Waals surface area contributed by atoms with Crippen LogP contribution in [0.3, 0.4) is 0 Å². The Kier molecular flexibility index (Phi) is 4.49. The van der Waals surface area contributed by atoms with E-state index < -0.39 is 11.9 Å². The molecule has 0 saturated carbocycles. The topological polar surface area (TPSA) is 109 Å². The van der Waals surface area contributed by atoms with Gasteiger partial charge in [0.1, 0.15) is 0 Å². The van der Waals surface area contributed by atoms with Crippen molar-refractivity contribution in [3.63, 3.8) is 0 Å². The second kappa shape index (κ2) is 6.31. The molecule has 7 nitrogen and oxygen atoms in total. The monoisotopic (exact) mass is 278 g/mol. The molecule has 7 heteroatoms. The lowest BCUT2D eigenvalue weighted by Crippen LogP contribution is -2.36. The van der Waals surface area contributed by atoms with Crippen LogP contribution in [0, 0.1) is 5.92 Å². The first-order valence-corrected chi connectivity index (χ1v) is 6.65. The van der Waals surface area contributed by atoms with E-state index in [-0.39, 0.29) is 12.1 Å². The van der Waals surface area contributed by atoms with E-state index in [1.165, 1.54) is 12.4 Å². The van der Waals surface area contributed by atoms with Crippen LogP contribution in [0.5, 0.6) is 0 Å². The maximum absolute atomic E-state index is 11.3. The number of carbonyl (C=O) groups is 2. The zero-order valence-electron chi connectivity index (χ0n) is 11.2. The van der Waals surface area contributed by atoms with Gasteiger partial charge in [-0.1, -0.05) is 0 Å². The van der Waals surface area contributed by atoms with Gasteiger partial charge in [-0.15, -0.1) is 0 Å². The summed E-state index contributed by atoms with van der Waals surface area (Å²) in [5.41, 5.74) is 5.49. The van der Waals surface area contributed by atoms with Crippen molar-refractivity contribution in [1.29, 1.82) is 0 Å². The standard InChI is InChI=1S/C13H18N4O3/c14-12(20)11-13(16-6-5-15-11)17-7-3-9(4-8-17)1-2-10(18)19/h5-6,9H,1-4,7-8H2,(H2,14,20)(H,18,19). The summed E-state index contributed by atoms with van der Waals surface area (Å²) in [5.74, 6) is -0.397. The van der Waals surface area contributed by atoms with Crippen molar-refractivity contribution >= 4 is 17.7 Å². The number of piperidine rings is 1. The van der Waals surface area contributed by atoms with E-state index in [4.69, 9.17) is 10.8 Å². The number of carbonyl (C=O) groups excluding carboxylic acids is 1. The molecule has 0 aromatic carbocycles. The summed E-state index contributed by atoms with van der Waals surface area (Å²) in [6.07, 6.45) is 5.68. The van der Waals surface area contributed by atoms with Crippen LogP contribution in [0.25, 0.3) is 0 Å². The summed E-state index contributed by atoms with van der Waals surface area (Å²) in [6, 6.07) is 0. The molecule has 1 saturated heterocycles. The van der Waals surface area contributed by atoms with Gasteiger partial charge in [-0.3, -0.25) is 9.59 Å². The molecule has 0 spiro atoms. The van der Waals surface area contributed by atoms with Gasteiger partial charge in [0.2, 0.25) is 0 Å². The second-order valence-corrected chi connectivity index (χ2v) is 4.96. The molecule has 0 radical (unpaired) electrons. The number of aromatic nitrogens is 2. The number of hydrogen-bond donors (Lipinski definition) is 2. The van der Waals surface area contributed by atoms with E-state index in [1.54, 1.807) is 0 Å². The van der Waals surface area contributed by atoms with E-state index >= 15 is 0 Å². The molecule has 0 bridgehead atoms. The fourth-order valence-electron chi connectivity index (χ4n) is 2.50. The average Bonchev–Trinajstić information content (AvgIpc) is 2.45. The first-order chi connectivity index (χ1) is 9.58. The highest BCUT2D eigenvalue weighted by Gasteiger charge is 2.24. The summed E-state index contributed by atoms with van der Waals surface area (Å²) in [7, 11) is 0. The molecule has 108 valence electrons. The second-order valence-electron chi connectivity index (χ2n) is 4.96. The number of nitrogens with zero attached hydrogens (tertiary/aromatic N) is 3. The highest BCUT2D eigenvalue weighted by Crippen LogP contribution is 2.26. The van der Waals surface area contributed by atoms with Gasteiger partial charge in [-0.25, -0.2) is 9.97 Å². The Balaban J connectivity index is 1.97. The minimum atomic E-state index is -0.752. The molecule has 3 N–H and O–H groups in total. The number of aliphatic carboxylic acids is 1. The van der Waals surface area contributed by atoms with E-state index in [2.05, 4.69) is 9.97 Å². The van der Waals surface area contributed by atoms with Gasteiger partial charge in [0.05, 0.1) is 0 Å². The molecule has 1 amide bonds. The Morgan fingerprint density at radius 2 is 1.95 bits per heavy atom. The van der Waals surface area contributed by atoms with Crippen molar-refractivity contribution in [3.8, 4) is 0 Å². The third-order valence-electron chi connectivity index (χ3n) is 3.59. The van der Waals surface area contributed by atoms with E-state index in [0.717, 1.165) is 25.9 Å². The number of rotatable bonds is 5. The van der Waals surface area contributed by atoms with Gasteiger partial charge in [-0.2, -0.15) is 0 Å². The third kappa shape index (κ3) is 3.43. The fraction of sp³-hybridized carbons (Fsp3) is 0.538. The predicted octanol–water partition coefficient (Wildman–Crippen LogP) is 0.657. The Morgan fingerprint density at radius 1 is 1.30 bits per heavy atom. The first-order valence-electron chi connectivity index (χ1n) is 6.65. The largest absolute Gasteiger partial charge is 0.481 e. The zero-order valence-corrected chi connectivity index (χ0v) is 11.2. The lowest BCUT2D eigenvalue weighted by molar-refractivity contribution is -0.137. The summed E-state index contributed by atoms with van der Waals surface area (Å²) < 4.78 is 0. The molecule has 1 aliphatic heterocycles. The van der Waals surface area contributed by atoms with E-state index in [1.807, 2.05) is 4.90 Å². The van der Waals surface area contributed by atoms with E-state index in [9.17, 15) is 9.59 Å². The third-order valence-corrected chi connectivity index (χ3v) is 3.59. The van der Waals surface area contributed by atoms with Gasteiger partial charge in [-0.05, 0) is 25.2 Å². The minimum absolute atomic E-state index is 0.191. The molecule has 20 heavy (non-hydrogen) atoms. The van der Waals surface area contributed by atoms with Gasteiger partial charge < -0.3 is 15.7 Å². The molecule has 1 fully saturated rings. The first kappa shape index (κ1) is 14.2. The van der Waals surface area contributed by atoms with Gasteiger partial charge in [0.15, 0.2) is 11.5 Å². The van der Waals surface area contributed by atoms with Crippen molar-refractivity contribution in [2.45, 2.75) is 25.7 Å². The summed E-state index contributed by atoms with van der Waals surface area (Å²) >= 11 is 0. The zero-order chi connectivity index (χ0) is 14.5. The number of amides is 1. The molecular formula is C13H18N4O3. The number of carboxylic acid groups (broad SMARTS) is 1. The minimum Gasteiger partial charge on any atom is -0.481 e. The van der Waals surface area contributed by atoms with Crippen LogP contribution in [0.15, 0.2) is 12.4 Å². The number of anilines is 1. The maximum Gasteiger partial charge on any atom is 0.303 e. The predicted molar refractivity (Wildman–Crippen MR) is 72.4 cm³/mol. The quantitative estimate of drug-likeness (QED) is 0.818. The average molecular weight is 278 g/mol. The maximum atomic E-state index is 11.3. The van der Waals surface area contributed by atoms with Gasteiger partial charge >= 0.3 is 5.97 Å². The van der Waals surface area contributed by atoms with Crippen LogP contribution < -0.4 is 10.6 Å². The van der Waals surface area contributed by atoms with Crippen LogP contribution in [-0.2, 0) is 4.79 Å². The molecule has 2 rings (SSSR count). The van der Waals surface area contributed by atoms with Crippen molar-refractivity contribution < 1.29 is 14.7 Å². The summed E-state index contributed by atoms with van der Waals surface area (Å²) in [5, 5.41) is 8.69. The highest BCUT2D eigenvalue weighted by atomic mass is 16.4. The van der Waals surface area contributed by atoms with Crippen molar-refractivity contribution in [2.75, 3.05) is 18.0 Å². The van der Waals surface area contributed by atoms with E-state index in [0.29, 0.717) is 18.2 Å². The molecular weight excluding hydrogens is 260 g/mol. The molecule has 0 unspecified atom stereocenters. The highest BCUT2D eigenvalue weighted by molar-refractivity contribution is 5.95. The number of primary amides is 1. The van der Waals surface area contributed by atoms with Crippen LogP contribution in [-0.4, -0.2) is 40.0 Å². The van der Waals surface area contributed by atoms with Crippen LogP contribution in [0.4, 0.5) is 5.82 Å². The fourth-order valence-corrected chi connectivity index (χ4v) is 2.50. The Labute approximate surface area is 116 Å². The summed E-state index contributed by atoms with van der Waals surface area (Å²) in [4.78, 5) is 32.1. The molecule has 0 aliphatic carbocycles. The van der Waals surface area contributed by atoms with Gasteiger partial charge in [0, 0.05) is 31.9 Å².